The van der Waals surface area contributed by atoms with E-state index < -0.39 is 5.97 Å². The van der Waals surface area contributed by atoms with Crippen molar-refractivity contribution in [3.05, 3.63) is 12.2 Å². The van der Waals surface area contributed by atoms with Gasteiger partial charge >= 0.3 is 12.0 Å². The van der Waals surface area contributed by atoms with Gasteiger partial charge in [0.15, 0.2) is 0 Å². The maximum atomic E-state index is 12.1. The number of urea groups is 1. The molecule has 6 heteroatoms. The maximum absolute atomic E-state index is 12.1. The van der Waals surface area contributed by atoms with Crippen LogP contribution in [0, 0.1) is 11.8 Å². The van der Waals surface area contributed by atoms with E-state index in [4.69, 9.17) is 9.84 Å². The third kappa shape index (κ3) is 3.97. The predicted octanol–water partition coefficient (Wildman–Crippen LogP) is 1.47. The fourth-order valence-corrected chi connectivity index (χ4v) is 3.05. The highest BCUT2D eigenvalue weighted by atomic mass is 16.5. The normalized spacial score (nSPS) is 26.6. The van der Waals surface area contributed by atoms with E-state index in [1.165, 1.54) is 0 Å². The van der Waals surface area contributed by atoms with Gasteiger partial charge in [-0.1, -0.05) is 12.2 Å². The second kappa shape index (κ2) is 6.93. The van der Waals surface area contributed by atoms with E-state index in [1.807, 2.05) is 6.92 Å². The number of aliphatic carboxylic acids is 1. The molecular formula is C15H24N2O4. The first kappa shape index (κ1) is 15.8. The van der Waals surface area contributed by atoms with E-state index in [0.717, 1.165) is 12.0 Å². The van der Waals surface area contributed by atoms with Gasteiger partial charge in [-0.2, -0.15) is 0 Å². The molecule has 2 rings (SSSR count). The van der Waals surface area contributed by atoms with Gasteiger partial charge in [-0.05, 0) is 26.2 Å². The van der Waals surface area contributed by atoms with Crippen molar-refractivity contribution in [1.82, 2.24) is 10.2 Å². The summed E-state index contributed by atoms with van der Waals surface area (Å²) in [5.41, 5.74) is 0.994. The molecule has 0 aliphatic carbocycles. The Morgan fingerprint density at radius 2 is 2.00 bits per heavy atom. The zero-order valence-corrected chi connectivity index (χ0v) is 12.5. The fraction of sp³-hybridized carbons (Fsp3) is 0.733. The summed E-state index contributed by atoms with van der Waals surface area (Å²) in [7, 11) is 0. The monoisotopic (exact) mass is 296 g/mol. The van der Waals surface area contributed by atoms with Gasteiger partial charge in [0.05, 0.1) is 12.0 Å². The molecule has 2 saturated heterocycles. The highest BCUT2D eigenvalue weighted by Crippen LogP contribution is 2.25. The van der Waals surface area contributed by atoms with Crippen LogP contribution in [-0.4, -0.2) is 54.4 Å². The molecule has 2 fully saturated rings. The first-order valence-corrected chi connectivity index (χ1v) is 7.51. The summed E-state index contributed by atoms with van der Waals surface area (Å²) < 4.78 is 5.62. The topological polar surface area (TPSA) is 78.9 Å². The molecule has 0 spiro atoms. The van der Waals surface area contributed by atoms with Gasteiger partial charge in [-0.15, -0.1) is 0 Å². The molecule has 2 aliphatic heterocycles. The zero-order chi connectivity index (χ0) is 15.4. The summed E-state index contributed by atoms with van der Waals surface area (Å²) in [5, 5.41) is 11.9. The van der Waals surface area contributed by atoms with E-state index in [-0.39, 0.29) is 24.0 Å². The van der Waals surface area contributed by atoms with Crippen molar-refractivity contribution in [2.45, 2.75) is 32.3 Å². The van der Waals surface area contributed by atoms with Crippen molar-refractivity contribution in [3.8, 4) is 0 Å². The highest BCUT2D eigenvalue weighted by Gasteiger charge is 2.30. The smallest absolute Gasteiger partial charge is 0.317 e. The minimum atomic E-state index is -0.762. The Balaban J connectivity index is 1.75. The fourth-order valence-electron chi connectivity index (χ4n) is 3.05. The third-order valence-electron chi connectivity index (χ3n) is 4.35. The van der Waals surface area contributed by atoms with E-state index in [1.54, 1.807) is 4.90 Å². The van der Waals surface area contributed by atoms with Crippen LogP contribution in [0.15, 0.2) is 12.2 Å². The van der Waals surface area contributed by atoms with E-state index in [9.17, 15) is 9.59 Å². The Kier molecular flexibility index (Phi) is 5.22. The molecule has 0 bridgehead atoms. The second-order valence-corrected chi connectivity index (χ2v) is 5.97. The van der Waals surface area contributed by atoms with Crippen molar-refractivity contribution >= 4 is 12.0 Å². The summed E-state index contributed by atoms with van der Waals surface area (Å²) in [5.74, 6) is -0.796. The summed E-state index contributed by atoms with van der Waals surface area (Å²) in [6.07, 6.45) is 2.02. The zero-order valence-electron chi connectivity index (χ0n) is 12.5. The van der Waals surface area contributed by atoms with Crippen LogP contribution in [0.25, 0.3) is 0 Å². The lowest BCUT2D eigenvalue weighted by Crippen LogP contribution is -2.47. The summed E-state index contributed by atoms with van der Waals surface area (Å²) >= 11 is 0. The summed E-state index contributed by atoms with van der Waals surface area (Å²) in [6, 6.07) is -0.105. The van der Waals surface area contributed by atoms with Crippen molar-refractivity contribution in [3.63, 3.8) is 0 Å². The predicted molar refractivity (Wildman–Crippen MR) is 78.0 cm³/mol. The van der Waals surface area contributed by atoms with Crippen LogP contribution < -0.4 is 5.32 Å². The van der Waals surface area contributed by atoms with Crippen LogP contribution in [0.4, 0.5) is 4.79 Å². The number of nitrogens with one attached hydrogen (secondary N) is 1. The number of carbonyl (C=O) groups excluding carboxylic acids is 1. The Morgan fingerprint density at radius 3 is 2.57 bits per heavy atom. The molecule has 0 saturated carbocycles. The van der Waals surface area contributed by atoms with Gasteiger partial charge in [-0.25, -0.2) is 4.79 Å². The Morgan fingerprint density at radius 1 is 1.33 bits per heavy atom. The SMILES string of the molecule is C=C(C)C1OCCC1CNC(=O)N1CCC(C(=O)O)CC1. The molecule has 0 aromatic rings. The van der Waals surface area contributed by atoms with Crippen LogP contribution in [0.2, 0.25) is 0 Å². The molecule has 6 nitrogen and oxygen atoms in total. The van der Waals surface area contributed by atoms with Crippen LogP contribution >= 0.6 is 0 Å². The number of carboxylic acids is 1. The minimum absolute atomic E-state index is 0.0306. The van der Waals surface area contributed by atoms with Crippen molar-refractivity contribution in [2.75, 3.05) is 26.2 Å². The van der Waals surface area contributed by atoms with Gasteiger partial charge in [0, 0.05) is 32.2 Å². The lowest BCUT2D eigenvalue weighted by atomic mass is 9.96. The Bertz CT molecular complexity index is 416. The molecule has 21 heavy (non-hydrogen) atoms. The number of carboxylic acid groups (broad SMARTS) is 1. The van der Waals surface area contributed by atoms with Crippen LogP contribution in [-0.2, 0) is 9.53 Å². The molecule has 2 heterocycles. The van der Waals surface area contributed by atoms with E-state index in [2.05, 4.69) is 11.9 Å². The first-order valence-electron chi connectivity index (χ1n) is 7.51. The van der Waals surface area contributed by atoms with Gasteiger partial charge < -0.3 is 20.1 Å². The van der Waals surface area contributed by atoms with Crippen molar-refractivity contribution in [2.24, 2.45) is 11.8 Å². The Labute approximate surface area is 125 Å². The molecule has 0 aromatic heterocycles. The molecule has 118 valence electrons. The van der Waals surface area contributed by atoms with Crippen molar-refractivity contribution in [1.29, 1.82) is 0 Å². The second-order valence-electron chi connectivity index (χ2n) is 5.97. The number of nitrogens with zero attached hydrogens (tertiary/aromatic N) is 1. The number of rotatable bonds is 4. The first-order chi connectivity index (χ1) is 9.99. The molecule has 0 radical (unpaired) electrons. The molecule has 2 N–H and O–H groups in total. The third-order valence-corrected chi connectivity index (χ3v) is 4.35. The molecular weight excluding hydrogens is 272 g/mol. The number of hydrogen-bond acceptors (Lipinski definition) is 3. The molecule has 2 atom stereocenters. The van der Waals surface area contributed by atoms with Crippen LogP contribution in [0.3, 0.4) is 0 Å². The van der Waals surface area contributed by atoms with Crippen LogP contribution in [0.5, 0.6) is 0 Å². The molecule has 2 unspecified atom stereocenters. The quantitative estimate of drug-likeness (QED) is 0.770. The van der Waals surface area contributed by atoms with E-state index >= 15 is 0 Å². The van der Waals surface area contributed by atoms with Gasteiger partial charge in [0.2, 0.25) is 0 Å². The van der Waals surface area contributed by atoms with Gasteiger partial charge in [-0.3, -0.25) is 4.79 Å². The largest absolute Gasteiger partial charge is 0.481 e. The average Bonchev–Trinajstić information content (AvgIpc) is 2.93. The van der Waals surface area contributed by atoms with E-state index in [0.29, 0.717) is 39.1 Å². The average molecular weight is 296 g/mol. The minimum Gasteiger partial charge on any atom is -0.481 e. The highest BCUT2D eigenvalue weighted by molar-refractivity contribution is 5.75. The number of likely N-dealkylation sites (tertiary alicyclic amines) is 1. The standard InChI is InChI=1S/C15H24N2O4/c1-10(2)13-12(5-8-21-13)9-16-15(20)17-6-3-11(4-7-17)14(18)19/h11-13H,1,3-9H2,2H3,(H,16,20)(H,18,19). The molecule has 2 amide bonds. The number of carbonyl (C=O) groups is 2. The maximum Gasteiger partial charge on any atom is 0.317 e. The lowest BCUT2D eigenvalue weighted by molar-refractivity contribution is -0.143. The summed E-state index contributed by atoms with van der Waals surface area (Å²) in [6.45, 7) is 8.18. The Hall–Kier alpha value is -1.56. The molecule has 2 aliphatic rings. The van der Waals surface area contributed by atoms with Crippen molar-refractivity contribution < 1.29 is 19.4 Å². The van der Waals surface area contributed by atoms with Crippen LogP contribution in [0.1, 0.15) is 26.2 Å². The lowest BCUT2D eigenvalue weighted by Gasteiger charge is -2.30. The number of hydrogen-bond donors (Lipinski definition) is 2. The summed E-state index contributed by atoms with van der Waals surface area (Å²) in [4.78, 5) is 24.7. The van der Waals surface area contributed by atoms with Gasteiger partial charge in [0.1, 0.15) is 0 Å². The van der Waals surface area contributed by atoms with Gasteiger partial charge in [0.25, 0.3) is 0 Å². The number of amides is 2. The number of piperidine rings is 1. The molecule has 0 aromatic carbocycles. The number of ether oxygens (including phenoxy) is 1.